The second-order valence-corrected chi connectivity index (χ2v) is 2.35. The molecule has 0 fully saturated rings. The SMILES string of the molecule is CC(N)C(=O)NCc1ncon1. The molecule has 0 saturated heterocycles. The van der Waals surface area contributed by atoms with Crippen LogP contribution in [0.5, 0.6) is 0 Å². The molecule has 1 heterocycles. The molecule has 0 aliphatic heterocycles. The summed E-state index contributed by atoms with van der Waals surface area (Å²) in [6, 6.07) is -0.517. The summed E-state index contributed by atoms with van der Waals surface area (Å²) < 4.78 is 4.46. The van der Waals surface area contributed by atoms with E-state index in [1.807, 2.05) is 0 Å². The summed E-state index contributed by atoms with van der Waals surface area (Å²) in [7, 11) is 0. The van der Waals surface area contributed by atoms with Crippen LogP contribution in [-0.4, -0.2) is 22.1 Å². The highest BCUT2D eigenvalue weighted by atomic mass is 16.5. The molecule has 1 rings (SSSR count). The third-order valence-electron chi connectivity index (χ3n) is 1.24. The zero-order valence-corrected chi connectivity index (χ0v) is 6.65. The van der Waals surface area contributed by atoms with Gasteiger partial charge in [0.25, 0.3) is 0 Å². The molecule has 6 heteroatoms. The number of aromatic nitrogens is 2. The lowest BCUT2D eigenvalue weighted by Crippen LogP contribution is -2.37. The molecule has 0 radical (unpaired) electrons. The molecule has 3 N–H and O–H groups in total. The fraction of sp³-hybridized carbons (Fsp3) is 0.500. The number of carbonyl (C=O) groups excluding carboxylic acids is 1. The molecular weight excluding hydrogens is 160 g/mol. The lowest BCUT2D eigenvalue weighted by Gasteiger charge is -2.03. The second-order valence-electron chi connectivity index (χ2n) is 2.35. The first-order chi connectivity index (χ1) is 5.70. The van der Waals surface area contributed by atoms with Gasteiger partial charge in [0, 0.05) is 0 Å². The molecular formula is C6H10N4O2. The van der Waals surface area contributed by atoms with Crippen molar-refractivity contribution in [1.29, 1.82) is 0 Å². The minimum Gasteiger partial charge on any atom is -0.347 e. The molecule has 0 bridgehead atoms. The largest absolute Gasteiger partial charge is 0.347 e. The van der Waals surface area contributed by atoms with Crippen molar-refractivity contribution in [3.05, 3.63) is 12.2 Å². The topological polar surface area (TPSA) is 94.0 Å². The lowest BCUT2D eigenvalue weighted by atomic mass is 10.3. The number of nitrogens with one attached hydrogen (secondary N) is 1. The molecule has 66 valence electrons. The maximum absolute atomic E-state index is 10.9. The summed E-state index contributed by atoms with van der Waals surface area (Å²) in [5.41, 5.74) is 5.30. The molecule has 0 aliphatic carbocycles. The van der Waals surface area contributed by atoms with E-state index in [-0.39, 0.29) is 12.5 Å². The van der Waals surface area contributed by atoms with Crippen LogP contribution in [0.3, 0.4) is 0 Å². The highest BCUT2D eigenvalue weighted by molar-refractivity contribution is 5.80. The van der Waals surface area contributed by atoms with E-state index in [0.29, 0.717) is 5.82 Å². The Morgan fingerprint density at radius 2 is 2.67 bits per heavy atom. The van der Waals surface area contributed by atoms with E-state index in [9.17, 15) is 4.79 Å². The first-order valence-electron chi connectivity index (χ1n) is 3.48. The van der Waals surface area contributed by atoms with Gasteiger partial charge < -0.3 is 15.6 Å². The van der Waals surface area contributed by atoms with Crippen molar-refractivity contribution >= 4 is 5.91 Å². The van der Waals surface area contributed by atoms with Gasteiger partial charge in [-0.25, -0.2) is 0 Å². The van der Waals surface area contributed by atoms with Crippen LogP contribution in [0.2, 0.25) is 0 Å². The summed E-state index contributed by atoms with van der Waals surface area (Å²) in [6.07, 6.45) is 1.20. The van der Waals surface area contributed by atoms with Gasteiger partial charge in [-0.1, -0.05) is 5.16 Å². The molecule has 0 aliphatic rings. The van der Waals surface area contributed by atoms with Crippen LogP contribution in [0.4, 0.5) is 0 Å². The molecule has 0 aromatic carbocycles. The smallest absolute Gasteiger partial charge is 0.237 e. The van der Waals surface area contributed by atoms with E-state index < -0.39 is 6.04 Å². The number of nitrogens with zero attached hydrogens (tertiary/aromatic N) is 2. The summed E-state index contributed by atoms with van der Waals surface area (Å²) in [4.78, 5) is 14.6. The quantitative estimate of drug-likeness (QED) is 0.608. The zero-order chi connectivity index (χ0) is 8.97. The molecule has 0 spiro atoms. The van der Waals surface area contributed by atoms with Crippen LogP contribution in [-0.2, 0) is 11.3 Å². The Hall–Kier alpha value is -1.43. The summed E-state index contributed by atoms with van der Waals surface area (Å²) >= 11 is 0. The maximum Gasteiger partial charge on any atom is 0.237 e. The van der Waals surface area contributed by atoms with Crippen molar-refractivity contribution in [3.63, 3.8) is 0 Å². The van der Waals surface area contributed by atoms with Crippen molar-refractivity contribution in [3.8, 4) is 0 Å². The van der Waals surface area contributed by atoms with Crippen LogP contribution < -0.4 is 11.1 Å². The van der Waals surface area contributed by atoms with Gasteiger partial charge in [0.2, 0.25) is 12.3 Å². The minimum absolute atomic E-state index is 0.236. The van der Waals surface area contributed by atoms with E-state index in [1.54, 1.807) is 6.92 Å². The fourth-order valence-corrected chi connectivity index (χ4v) is 0.597. The highest BCUT2D eigenvalue weighted by Gasteiger charge is 2.07. The Morgan fingerprint density at radius 1 is 1.92 bits per heavy atom. The van der Waals surface area contributed by atoms with E-state index in [0.717, 1.165) is 0 Å². The fourth-order valence-electron chi connectivity index (χ4n) is 0.597. The summed E-state index contributed by atoms with van der Waals surface area (Å²) in [5, 5.41) is 6.04. The molecule has 12 heavy (non-hydrogen) atoms. The van der Waals surface area contributed by atoms with Crippen LogP contribution in [0, 0.1) is 0 Å². The first-order valence-corrected chi connectivity index (χ1v) is 3.48. The average Bonchev–Trinajstić information content (AvgIpc) is 2.51. The van der Waals surface area contributed by atoms with E-state index in [2.05, 4.69) is 20.0 Å². The highest BCUT2D eigenvalue weighted by Crippen LogP contribution is 1.86. The number of amides is 1. The van der Waals surface area contributed by atoms with E-state index in [4.69, 9.17) is 5.73 Å². The molecule has 1 unspecified atom stereocenters. The molecule has 6 nitrogen and oxygen atoms in total. The summed E-state index contributed by atoms with van der Waals surface area (Å²) in [6.45, 7) is 1.85. The van der Waals surface area contributed by atoms with Crippen LogP contribution in [0.15, 0.2) is 10.9 Å². The van der Waals surface area contributed by atoms with Gasteiger partial charge in [-0.3, -0.25) is 4.79 Å². The zero-order valence-electron chi connectivity index (χ0n) is 6.65. The van der Waals surface area contributed by atoms with E-state index in [1.165, 1.54) is 6.39 Å². The molecule has 0 saturated carbocycles. The monoisotopic (exact) mass is 170 g/mol. The van der Waals surface area contributed by atoms with E-state index >= 15 is 0 Å². The van der Waals surface area contributed by atoms with Gasteiger partial charge in [0.1, 0.15) is 0 Å². The first kappa shape index (κ1) is 8.66. The van der Waals surface area contributed by atoms with Crippen LogP contribution >= 0.6 is 0 Å². The lowest BCUT2D eigenvalue weighted by molar-refractivity contribution is -0.122. The Bertz CT molecular complexity index is 244. The Labute approximate surface area is 69.1 Å². The number of hydrogen-bond donors (Lipinski definition) is 2. The van der Waals surface area contributed by atoms with Gasteiger partial charge in [0.05, 0.1) is 12.6 Å². The number of carbonyl (C=O) groups is 1. The average molecular weight is 170 g/mol. The number of rotatable bonds is 3. The normalized spacial score (nSPS) is 12.5. The van der Waals surface area contributed by atoms with Crippen molar-refractivity contribution in [1.82, 2.24) is 15.5 Å². The van der Waals surface area contributed by atoms with Crippen molar-refractivity contribution in [2.45, 2.75) is 19.5 Å². The van der Waals surface area contributed by atoms with Gasteiger partial charge in [-0.15, -0.1) is 0 Å². The van der Waals surface area contributed by atoms with Crippen molar-refractivity contribution in [2.24, 2.45) is 5.73 Å². The molecule has 1 amide bonds. The Balaban J connectivity index is 2.32. The van der Waals surface area contributed by atoms with Gasteiger partial charge >= 0.3 is 0 Å². The standard InChI is InChI=1S/C6H10N4O2/c1-4(7)6(11)8-2-5-9-3-12-10-5/h3-4H,2,7H2,1H3,(H,8,11). The van der Waals surface area contributed by atoms with Gasteiger partial charge in [-0.2, -0.15) is 4.98 Å². The predicted octanol–water partition coefficient (Wildman–Crippen LogP) is -0.967. The number of hydrogen-bond acceptors (Lipinski definition) is 5. The van der Waals surface area contributed by atoms with Crippen molar-refractivity contribution in [2.75, 3.05) is 0 Å². The maximum atomic E-state index is 10.9. The minimum atomic E-state index is -0.517. The Morgan fingerprint density at radius 3 is 3.17 bits per heavy atom. The third-order valence-corrected chi connectivity index (χ3v) is 1.24. The van der Waals surface area contributed by atoms with Crippen LogP contribution in [0.1, 0.15) is 12.7 Å². The second kappa shape index (κ2) is 3.82. The van der Waals surface area contributed by atoms with Crippen LogP contribution in [0.25, 0.3) is 0 Å². The third kappa shape index (κ3) is 2.31. The van der Waals surface area contributed by atoms with Gasteiger partial charge in [0.15, 0.2) is 5.82 Å². The Kier molecular flexibility index (Phi) is 2.76. The molecule has 1 aromatic rings. The predicted molar refractivity (Wildman–Crippen MR) is 39.8 cm³/mol. The van der Waals surface area contributed by atoms with Gasteiger partial charge in [-0.05, 0) is 6.92 Å². The van der Waals surface area contributed by atoms with Crippen molar-refractivity contribution < 1.29 is 9.32 Å². The number of nitrogens with two attached hydrogens (primary N) is 1. The molecule has 1 aromatic heterocycles. The molecule has 1 atom stereocenters. The summed E-state index contributed by atoms with van der Waals surface area (Å²) in [5.74, 6) is 0.198.